The van der Waals surface area contributed by atoms with Crippen LogP contribution in [0, 0.1) is 34.0 Å². The Kier molecular flexibility index (Phi) is 9.40. The first-order valence-electron chi connectivity index (χ1n) is 5.10. The van der Waals surface area contributed by atoms with Crippen LogP contribution < -0.4 is 5.32 Å². The molecule has 0 saturated heterocycles. The van der Waals surface area contributed by atoms with E-state index >= 15 is 0 Å². The van der Waals surface area contributed by atoms with E-state index in [1.165, 1.54) is 0 Å². The van der Waals surface area contributed by atoms with E-state index in [-0.39, 0.29) is 0 Å². The van der Waals surface area contributed by atoms with Gasteiger partial charge in [0.15, 0.2) is 0 Å². The van der Waals surface area contributed by atoms with E-state index in [4.69, 9.17) is 15.8 Å². The topological polar surface area (TPSA) is 86.6 Å². The Labute approximate surface area is 96.2 Å². The zero-order valence-corrected chi connectivity index (χ0v) is 9.19. The van der Waals surface area contributed by atoms with Gasteiger partial charge in [-0.1, -0.05) is 0 Å². The minimum absolute atomic E-state index is 0.438. The first kappa shape index (κ1) is 13.8. The lowest BCUT2D eigenvalue weighted by atomic mass is 10.3. The average molecular weight is 217 g/mol. The maximum Gasteiger partial charge on any atom is 0.0640 e. The number of rotatable bonds is 8. The summed E-state index contributed by atoms with van der Waals surface area (Å²) in [6.07, 6.45) is 4.89. The summed E-state index contributed by atoms with van der Waals surface area (Å²) in [6, 6.07) is 6.16. The second kappa shape index (κ2) is 10.9. The first-order chi connectivity index (χ1) is 7.85. The summed E-state index contributed by atoms with van der Waals surface area (Å²) in [5.74, 6) is 0. The monoisotopic (exact) mass is 217 g/mol. The summed E-state index contributed by atoms with van der Waals surface area (Å²) >= 11 is 0. The smallest absolute Gasteiger partial charge is 0.0640 e. The molecule has 0 saturated carbocycles. The summed E-state index contributed by atoms with van der Waals surface area (Å²) in [5.41, 5.74) is 0. The fourth-order valence-corrected chi connectivity index (χ4v) is 1.02. The highest BCUT2D eigenvalue weighted by Crippen LogP contribution is 1.94. The zero-order valence-electron chi connectivity index (χ0n) is 9.19. The number of nitriles is 3. The molecule has 16 heavy (non-hydrogen) atoms. The molecule has 0 aliphatic carbocycles. The summed E-state index contributed by atoms with van der Waals surface area (Å²) in [5, 5.41) is 28.2. The van der Waals surface area contributed by atoms with Crippen LogP contribution in [-0.4, -0.2) is 24.5 Å². The van der Waals surface area contributed by atoms with Crippen molar-refractivity contribution in [2.45, 2.75) is 19.3 Å². The quantitative estimate of drug-likeness (QED) is 0.615. The van der Waals surface area contributed by atoms with Gasteiger partial charge in [0.25, 0.3) is 0 Å². The molecule has 0 bridgehead atoms. The molecule has 0 aliphatic heterocycles. The molecule has 0 amide bonds. The van der Waals surface area contributed by atoms with E-state index in [1.807, 2.05) is 17.2 Å². The Morgan fingerprint density at radius 2 is 1.50 bits per heavy atom. The molecule has 0 aliphatic rings. The molecule has 5 nitrogen and oxygen atoms in total. The van der Waals surface area contributed by atoms with Crippen LogP contribution in [-0.2, 0) is 0 Å². The Bertz CT molecular complexity index is 297. The molecule has 5 heteroatoms. The molecule has 0 unspecified atom stereocenters. The Balaban J connectivity index is 3.86. The molecular weight excluding hydrogens is 202 g/mol. The lowest BCUT2D eigenvalue weighted by molar-refractivity contribution is 0.391. The van der Waals surface area contributed by atoms with Crippen molar-refractivity contribution in [3.63, 3.8) is 0 Å². The standard InChI is InChI=1S/C11H15N5/c12-4-1-7-15-8-11-16(9-2-5-13)10-3-6-14/h8,11,15H,1-3,7,9-10H2/b11-8+. The Morgan fingerprint density at radius 3 is 2.00 bits per heavy atom. The Morgan fingerprint density at radius 1 is 0.938 bits per heavy atom. The first-order valence-corrected chi connectivity index (χ1v) is 5.10. The predicted molar refractivity (Wildman–Crippen MR) is 59.4 cm³/mol. The van der Waals surface area contributed by atoms with Crippen LogP contribution in [0.3, 0.4) is 0 Å². The van der Waals surface area contributed by atoms with E-state index in [1.54, 1.807) is 6.20 Å². The molecule has 0 aromatic rings. The molecule has 0 aromatic carbocycles. The third-order valence-electron chi connectivity index (χ3n) is 1.81. The maximum absolute atomic E-state index is 8.46. The fourth-order valence-electron chi connectivity index (χ4n) is 1.02. The number of nitrogens with zero attached hydrogens (tertiary/aromatic N) is 4. The summed E-state index contributed by atoms with van der Waals surface area (Å²) < 4.78 is 0. The number of nitrogens with one attached hydrogen (secondary N) is 1. The number of hydrogen-bond acceptors (Lipinski definition) is 5. The van der Waals surface area contributed by atoms with E-state index in [2.05, 4.69) is 17.5 Å². The SMILES string of the molecule is N#CCCN/C=C/N(CCC#N)CCC#N. The molecule has 0 radical (unpaired) electrons. The van der Waals surface area contributed by atoms with Gasteiger partial charge in [-0.15, -0.1) is 0 Å². The largest absolute Gasteiger partial charge is 0.389 e. The molecule has 0 spiro atoms. The molecule has 0 heterocycles. The third-order valence-corrected chi connectivity index (χ3v) is 1.81. The fraction of sp³-hybridized carbons (Fsp3) is 0.545. The summed E-state index contributed by atoms with van der Waals surface area (Å²) in [7, 11) is 0. The lowest BCUT2D eigenvalue weighted by Gasteiger charge is -2.16. The zero-order chi connectivity index (χ0) is 12.1. The van der Waals surface area contributed by atoms with Gasteiger partial charge in [0, 0.05) is 32.0 Å². The van der Waals surface area contributed by atoms with Crippen LogP contribution in [0.15, 0.2) is 12.4 Å². The van der Waals surface area contributed by atoms with E-state index < -0.39 is 0 Å². The van der Waals surface area contributed by atoms with Gasteiger partial charge in [-0.3, -0.25) is 0 Å². The van der Waals surface area contributed by atoms with Gasteiger partial charge in [0.2, 0.25) is 0 Å². The van der Waals surface area contributed by atoms with E-state index in [0.717, 1.165) is 0 Å². The van der Waals surface area contributed by atoms with Gasteiger partial charge in [-0.25, -0.2) is 0 Å². The molecular formula is C11H15N5. The Hall–Kier alpha value is -2.19. The van der Waals surface area contributed by atoms with Crippen LogP contribution in [0.5, 0.6) is 0 Å². The molecule has 84 valence electrons. The van der Waals surface area contributed by atoms with Crippen molar-refractivity contribution in [1.29, 1.82) is 15.8 Å². The molecule has 0 rings (SSSR count). The van der Waals surface area contributed by atoms with Gasteiger partial charge in [-0.2, -0.15) is 15.8 Å². The second-order valence-corrected chi connectivity index (χ2v) is 3.03. The normalized spacial score (nSPS) is 9.06. The van der Waals surface area contributed by atoms with Crippen molar-refractivity contribution in [2.75, 3.05) is 19.6 Å². The van der Waals surface area contributed by atoms with Crippen molar-refractivity contribution in [3.05, 3.63) is 12.4 Å². The van der Waals surface area contributed by atoms with Crippen molar-refractivity contribution >= 4 is 0 Å². The molecule has 0 aromatic heterocycles. The summed E-state index contributed by atoms with van der Waals surface area (Å²) in [6.45, 7) is 1.85. The van der Waals surface area contributed by atoms with Gasteiger partial charge >= 0.3 is 0 Å². The average Bonchev–Trinajstić information content (AvgIpc) is 2.31. The third kappa shape index (κ3) is 8.41. The molecule has 0 atom stereocenters. The van der Waals surface area contributed by atoms with Crippen LogP contribution in [0.4, 0.5) is 0 Å². The van der Waals surface area contributed by atoms with Gasteiger partial charge in [0.05, 0.1) is 37.5 Å². The predicted octanol–water partition coefficient (Wildman–Crippen LogP) is 1.09. The molecule has 1 N–H and O–H groups in total. The maximum atomic E-state index is 8.46. The highest BCUT2D eigenvalue weighted by atomic mass is 15.1. The van der Waals surface area contributed by atoms with Crippen molar-refractivity contribution < 1.29 is 0 Å². The van der Waals surface area contributed by atoms with Crippen molar-refractivity contribution in [1.82, 2.24) is 10.2 Å². The summed E-state index contributed by atoms with van der Waals surface area (Å²) in [4.78, 5) is 1.91. The van der Waals surface area contributed by atoms with E-state index in [0.29, 0.717) is 38.9 Å². The number of hydrogen-bond donors (Lipinski definition) is 1. The van der Waals surface area contributed by atoms with Crippen molar-refractivity contribution in [2.24, 2.45) is 0 Å². The highest BCUT2D eigenvalue weighted by Gasteiger charge is 1.97. The van der Waals surface area contributed by atoms with Gasteiger partial charge in [-0.05, 0) is 0 Å². The van der Waals surface area contributed by atoms with Crippen LogP contribution in [0.2, 0.25) is 0 Å². The molecule has 0 fully saturated rings. The van der Waals surface area contributed by atoms with Crippen molar-refractivity contribution in [3.8, 4) is 18.2 Å². The second-order valence-electron chi connectivity index (χ2n) is 3.03. The van der Waals surface area contributed by atoms with Gasteiger partial charge < -0.3 is 10.2 Å². The van der Waals surface area contributed by atoms with Crippen LogP contribution in [0.25, 0.3) is 0 Å². The highest BCUT2D eigenvalue weighted by molar-refractivity contribution is 4.86. The minimum atomic E-state index is 0.438. The minimum Gasteiger partial charge on any atom is -0.389 e. The van der Waals surface area contributed by atoms with Crippen LogP contribution >= 0.6 is 0 Å². The van der Waals surface area contributed by atoms with E-state index in [9.17, 15) is 0 Å². The lowest BCUT2D eigenvalue weighted by Crippen LogP contribution is -2.20. The van der Waals surface area contributed by atoms with Crippen LogP contribution in [0.1, 0.15) is 19.3 Å². The van der Waals surface area contributed by atoms with Gasteiger partial charge in [0.1, 0.15) is 0 Å².